The predicted molar refractivity (Wildman–Crippen MR) is 121 cm³/mol. The van der Waals surface area contributed by atoms with Crippen LogP contribution in [0.1, 0.15) is 65.0 Å². The van der Waals surface area contributed by atoms with Crippen LogP contribution in [0.2, 0.25) is 0 Å². The van der Waals surface area contributed by atoms with Gasteiger partial charge < -0.3 is 23.9 Å². The molecule has 0 spiro atoms. The number of methoxy groups -OCH3 is 2. The van der Waals surface area contributed by atoms with Crippen LogP contribution < -0.4 is 14.8 Å². The van der Waals surface area contributed by atoms with Gasteiger partial charge in [0.1, 0.15) is 17.6 Å². The Balaban J connectivity index is 1.56. The van der Waals surface area contributed by atoms with Gasteiger partial charge in [0, 0.05) is 22.7 Å². The van der Waals surface area contributed by atoms with Gasteiger partial charge in [0.2, 0.25) is 0 Å². The van der Waals surface area contributed by atoms with Crippen molar-refractivity contribution in [1.29, 1.82) is 0 Å². The zero-order chi connectivity index (χ0) is 22.1. The fourth-order valence-corrected chi connectivity index (χ4v) is 5.06. The number of nitrogens with one attached hydrogen (secondary N) is 1. The SMILES string of the molecule is COc1ccc(OC)c2c1[C@H](c1cccc(NC(=O)c3ccco3)c1)O[C@@H]1CCCC[C@@H]21. The highest BCUT2D eigenvalue weighted by molar-refractivity contribution is 6.02. The minimum Gasteiger partial charge on any atom is -0.496 e. The van der Waals surface area contributed by atoms with Crippen molar-refractivity contribution < 1.29 is 23.4 Å². The summed E-state index contributed by atoms with van der Waals surface area (Å²) in [6, 6.07) is 15.0. The fraction of sp³-hybridized carbons (Fsp3) is 0.346. The summed E-state index contributed by atoms with van der Waals surface area (Å²) in [5.74, 6) is 1.95. The van der Waals surface area contributed by atoms with E-state index in [0.717, 1.165) is 41.9 Å². The second-order valence-electron chi connectivity index (χ2n) is 8.30. The van der Waals surface area contributed by atoms with Crippen molar-refractivity contribution in [1.82, 2.24) is 0 Å². The van der Waals surface area contributed by atoms with Crippen molar-refractivity contribution >= 4 is 11.6 Å². The van der Waals surface area contributed by atoms with Crippen LogP contribution in [0.4, 0.5) is 5.69 Å². The molecular weight excluding hydrogens is 406 g/mol. The third-order valence-electron chi connectivity index (χ3n) is 6.49. The molecule has 0 unspecified atom stereocenters. The predicted octanol–water partition coefficient (Wildman–Crippen LogP) is 5.69. The number of hydrogen-bond donors (Lipinski definition) is 1. The normalized spacial score (nSPS) is 21.9. The topological polar surface area (TPSA) is 69.9 Å². The Bertz CT molecular complexity index is 1110. The number of fused-ring (bicyclic) bond motifs is 3. The summed E-state index contributed by atoms with van der Waals surface area (Å²) in [7, 11) is 3.40. The van der Waals surface area contributed by atoms with Crippen LogP contribution in [0, 0.1) is 0 Å². The molecule has 2 heterocycles. The van der Waals surface area contributed by atoms with Gasteiger partial charge in [0.25, 0.3) is 5.91 Å². The van der Waals surface area contributed by atoms with E-state index in [2.05, 4.69) is 5.32 Å². The van der Waals surface area contributed by atoms with Crippen LogP contribution in [0.3, 0.4) is 0 Å². The number of hydrogen-bond acceptors (Lipinski definition) is 5. The first-order chi connectivity index (χ1) is 15.7. The number of carbonyl (C=O) groups excluding carboxylic acids is 1. The summed E-state index contributed by atoms with van der Waals surface area (Å²) in [5, 5.41) is 2.91. The van der Waals surface area contributed by atoms with Crippen LogP contribution >= 0.6 is 0 Å². The zero-order valence-electron chi connectivity index (χ0n) is 18.3. The standard InChI is InChI=1S/C26H27NO5/c1-29-20-12-13-21(30-2)24-23(20)18-9-3-4-10-19(18)32-25(24)16-7-5-8-17(15-16)27-26(28)22-11-6-14-31-22/h5-8,11-15,18-19,25H,3-4,9-10H2,1-2H3,(H,27,28)/t18-,19-,25+/m1/s1. The maximum absolute atomic E-state index is 12.5. The van der Waals surface area contributed by atoms with E-state index in [9.17, 15) is 4.79 Å². The molecule has 166 valence electrons. The average Bonchev–Trinajstić information content (AvgIpc) is 3.38. The van der Waals surface area contributed by atoms with Crippen molar-refractivity contribution in [2.24, 2.45) is 0 Å². The van der Waals surface area contributed by atoms with E-state index in [-0.39, 0.29) is 23.9 Å². The molecule has 1 aliphatic heterocycles. The number of furan rings is 1. The molecule has 5 rings (SSSR count). The number of rotatable bonds is 5. The van der Waals surface area contributed by atoms with E-state index in [1.54, 1.807) is 26.4 Å². The lowest BCUT2D eigenvalue weighted by Crippen LogP contribution is -2.34. The minimum absolute atomic E-state index is 0.128. The quantitative estimate of drug-likeness (QED) is 0.559. The Morgan fingerprint density at radius 2 is 1.75 bits per heavy atom. The van der Waals surface area contributed by atoms with Gasteiger partial charge in [0.15, 0.2) is 5.76 Å². The number of amides is 1. The van der Waals surface area contributed by atoms with Crippen molar-refractivity contribution in [3.63, 3.8) is 0 Å². The molecule has 2 aliphatic rings. The molecule has 3 atom stereocenters. The summed E-state index contributed by atoms with van der Waals surface area (Å²) in [6.45, 7) is 0. The molecule has 0 bridgehead atoms. The molecule has 6 heteroatoms. The lowest BCUT2D eigenvalue weighted by Gasteiger charge is -2.42. The van der Waals surface area contributed by atoms with Crippen LogP contribution in [0.5, 0.6) is 11.5 Å². The van der Waals surface area contributed by atoms with E-state index in [1.807, 2.05) is 36.4 Å². The van der Waals surface area contributed by atoms with Gasteiger partial charge in [0.05, 0.1) is 26.6 Å². The highest BCUT2D eigenvalue weighted by Gasteiger charge is 2.41. The summed E-state index contributed by atoms with van der Waals surface area (Å²) in [5.41, 5.74) is 3.85. The van der Waals surface area contributed by atoms with Gasteiger partial charge in [-0.15, -0.1) is 0 Å². The van der Waals surface area contributed by atoms with E-state index in [4.69, 9.17) is 18.6 Å². The smallest absolute Gasteiger partial charge is 0.291 e. The molecule has 32 heavy (non-hydrogen) atoms. The van der Waals surface area contributed by atoms with E-state index < -0.39 is 0 Å². The minimum atomic E-state index is -0.310. The Morgan fingerprint density at radius 3 is 2.50 bits per heavy atom. The van der Waals surface area contributed by atoms with E-state index in [0.29, 0.717) is 11.6 Å². The second-order valence-corrected chi connectivity index (χ2v) is 8.30. The molecule has 0 radical (unpaired) electrons. The largest absolute Gasteiger partial charge is 0.496 e. The van der Waals surface area contributed by atoms with E-state index in [1.165, 1.54) is 18.2 Å². The van der Waals surface area contributed by atoms with Gasteiger partial charge in [-0.2, -0.15) is 0 Å². The molecule has 1 saturated carbocycles. The van der Waals surface area contributed by atoms with Gasteiger partial charge in [-0.25, -0.2) is 0 Å². The Hall–Kier alpha value is -3.25. The molecule has 1 aliphatic carbocycles. The summed E-state index contributed by atoms with van der Waals surface area (Å²) in [6.07, 6.45) is 5.75. The fourth-order valence-electron chi connectivity index (χ4n) is 5.06. The first kappa shape index (κ1) is 20.6. The zero-order valence-corrected chi connectivity index (χ0v) is 18.3. The molecule has 6 nitrogen and oxygen atoms in total. The monoisotopic (exact) mass is 433 g/mol. The summed E-state index contributed by atoms with van der Waals surface area (Å²) < 4.78 is 23.5. The Labute approximate surface area is 187 Å². The highest BCUT2D eigenvalue weighted by atomic mass is 16.5. The van der Waals surface area contributed by atoms with Gasteiger partial charge in [-0.3, -0.25) is 4.79 Å². The lowest BCUT2D eigenvalue weighted by atomic mass is 9.75. The van der Waals surface area contributed by atoms with Gasteiger partial charge >= 0.3 is 0 Å². The third kappa shape index (κ3) is 3.65. The maximum Gasteiger partial charge on any atom is 0.291 e. The maximum atomic E-state index is 12.5. The molecule has 0 saturated heterocycles. The Kier molecular flexibility index (Phi) is 5.62. The molecule has 2 aromatic carbocycles. The van der Waals surface area contributed by atoms with Crippen molar-refractivity contribution in [3.05, 3.63) is 77.2 Å². The second kappa shape index (κ2) is 8.71. The first-order valence-corrected chi connectivity index (χ1v) is 11.0. The Morgan fingerprint density at radius 1 is 0.969 bits per heavy atom. The summed E-state index contributed by atoms with van der Waals surface area (Å²) in [4.78, 5) is 12.5. The van der Waals surface area contributed by atoms with Crippen LogP contribution in [0.25, 0.3) is 0 Å². The number of carbonyl (C=O) groups is 1. The van der Waals surface area contributed by atoms with Crippen LogP contribution in [-0.4, -0.2) is 26.2 Å². The summed E-state index contributed by atoms with van der Waals surface area (Å²) >= 11 is 0. The third-order valence-corrected chi connectivity index (χ3v) is 6.49. The van der Waals surface area contributed by atoms with Crippen molar-refractivity contribution in [2.75, 3.05) is 19.5 Å². The average molecular weight is 434 g/mol. The molecule has 1 fully saturated rings. The highest BCUT2D eigenvalue weighted by Crippen LogP contribution is 2.52. The molecule has 1 aromatic heterocycles. The van der Waals surface area contributed by atoms with Gasteiger partial charge in [-0.05, 0) is 54.8 Å². The van der Waals surface area contributed by atoms with Crippen LogP contribution in [-0.2, 0) is 4.74 Å². The number of anilines is 1. The van der Waals surface area contributed by atoms with Gasteiger partial charge in [-0.1, -0.05) is 25.0 Å². The number of benzene rings is 2. The van der Waals surface area contributed by atoms with Crippen LogP contribution in [0.15, 0.2) is 59.2 Å². The van der Waals surface area contributed by atoms with E-state index >= 15 is 0 Å². The molecule has 1 amide bonds. The lowest BCUT2D eigenvalue weighted by molar-refractivity contribution is -0.0406. The molecular formula is C26H27NO5. The number of ether oxygens (including phenoxy) is 3. The van der Waals surface area contributed by atoms with Crippen molar-refractivity contribution in [2.45, 2.75) is 43.8 Å². The first-order valence-electron chi connectivity index (χ1n) is 11.0. The molecule has 3 aromatic rings. The van der Waals surface area contributed by atoms with Crippen molar-refractivity contribution in [3.8, 4) is 11.5 Å². The molecule has 1 N–H and O–H groups in total.